The number of hydrogen-bond acceptors (Lipinski definition) is 4. The summed E-state index contributed by atoms with van der Waals surface area (Å²) in [5.74, 6) is 1.12. The summed E-state index contributed by atoms with van der Waals surface area (Å²) in [4.78, 5) is 27.9. The Labute approximate surface area is 140 Å². The van der Waals surface area contributed by atoms with Crippen molar-refractivity contribution in [3.8, 4) is 0 Å². The average Bonchev–Trinajstić information content (AvgIpc) is 3.11. The molecule has 1 aliphatic heterocycles. The standard InChI is InChI=1S/C19H18N4O/c1-13-6-9-21-18(22-13)16-7-10-23(12-16)19(24)15-4-5-17-14(11-15)3-2-8-20-17/h2-6,8-9,11,16H,7,10,12H2,1H3/t16-/m1/s1. The van der Waals surface area contributed by atoms with Gasteiger partial charge in [-0.2, -0.15) is 0 Å². The van der Waals surface area contributed by atoms with Crippen LogP contribution in [0.5, 0.6) is 0 Å². The Hall–Kier alpha value is -2.82. The minimum Gasteiger partial charge on any atom is -0.338 e. The Morgan fingerprint density at radius 3 is 2.96 bits per heavy atom. The van der Waals surface area contributed by atoms with Crippen LogP contribution in [-0.2, 0) is 0 Å². The third kappa shape index (κ3) is 2.73. The summed E-state index contributed by atoms with van der Waals surface area (Å²) in [6, 6.07) is 11.4. The molecule has 0 bridgehead atoms. The van der Waals surface area contributed by atoms with Crippen molar-refractivity contribution in [1.29, 1.82) is 0 Å². The highest BCUT2D eigenvalue weighted by molar-refractivity contribution is 5.98. The SMILES string of the molecule is Cc1ccnc([C@@H]2CCN(C(=O)c3ccc4ncccc4c3)C2)n1. The number of rotatable bonds is 2. The van der Waals surface area contributed by atoms with Crippen LogP contribution in [0.2, 0.25) is 0 Å². The number of hydrogen-bond donors (Lipinski definition) is 0. The van der Waals surface area contributed by atoms with Crippen LogP contribution in [0.4, 0.5) is 0 Å². The van der Waals surface area contributed by atoms with E-state index in [4.69, 9.17) is 0 Å². The van der Waals surface area contributed by atoms with Gasteiger partial charge in [0, 0.05) is 48.0 Å². The fraction of sp³-hybridized carbons (Fsp3) is 0.263. The van der Waals surface area contributed by atoms with Crippen LogP contribution in [0.3, 0.4) is 0 Å². The van der Waals surface area contributed by atoms with Gasteiger partial charge in [0.2, 0.25) is 0 Å². The number of likely N-dealkylation sites (tertiary alicyclic amines) is 1. The molecule has 0 unspecified atom stereocenters. The lowest BCUT2D eigenvalue weighted by atomic mass is 10.1. The maximum Gasteiger partial charge on any atom is 0.253 e. The highest BCUT2D eigenvalue weighted by atomic mass is 16.2. The third-order valence-corrected chi connectivity index (χ3v) is 4.50. The van der Waals surface area contributed by atoms with Gasteiger partial charge < -0.3 is 4.90 Å². The fourth-order valence-electron chi connectivity index (χ4n) is 3.21. The first-order chi connectivity index (χ1) is 11.7. The molecule has 5 heteroatoms. The molecule has 3 heterocycles. The number of aromatic nitrogens is 3. The lowest BCUT2D eigenvalue weighted by Crippen LogP contribution is -2.28. The molecule has 1 atom stereocenters. The number of carbonyl (C=O) groups is 1. The Bertz CT molecular complexity index is 909. The van der Waals surface area contributed by atoms with Crippen molar-refractivity contribution >= 4 is 16.8 Å². The lowest BCUT2D eigenvalue weighted by Gasteiger charge is -2.16. The molecule has 3 aromatic rings. The zero-order chi connectivity index (χ0) is 16.5. The minimum atomic E-state index is 0.0657. The molecule has 1 fully saturated rings. The topological polar surface area (TPSA) is 59.0 Å². The van der Waals surface area contributed by atoms with E-state index in [1.165, 1.54) is 0 Å². The van der Waals surface area contributed by atoms with Crippen molar-refractivity contribution in [2.24, 2.45) is 0 Å². The number of nitrogens with zero attached hydrogens (tertiary/aromatic N) is 4. The molecule has 1 aliphatic rings. The molecule has 5 nitrogen and oxygen atoms in total. The lowest BCUT2D eigenvalue weighted by molar-refractivity contribution is 0.0790. The van der Waals surface area contributed by atoms with Gasteiger partial charge in [0.25, 0.3) is 5.91 Å². The smallest absolute Gasteiger partial charge is 0.253 e. The zero-order valence-corrected chi connectivity index (χ0v) is 13.5. The Morgan fingerprint density at radius 1 is 1.17 bits per heavy atom. The van der Waals surface area contributed by atoms with E-state index in [9.17, 15) is 4.79 Å². The van der Waals surface area contributed by atoms with Crippen LogP contribution >= 0.6 is 0 Å². The predicted molar refractivity (Wildman–Crippen MR) is 91.8 cm³/mol. The van der Waals surface area contributed by atoms with E-state index in [1.807, 2.05) is 48.2 Å². The molecule has 2 aromatic heterocycles. The molecular weight excluding hydrogens is 300 g/mol. The van der Waals surface area contributed by atoms with E-state index in [-0.39, 0.29) is 11.8 Å². The molecule has 24 heavy (non-hydrogen) atoms. The molecule has 0 N–H and O–H groups in total. The van der Waals surface area contributed by atoms with Crippen molar-refractivity contribution in [3.63, 3.8) is 0 Å². The number of amides is 1. The quantitative estimate of drug-likeness (QED) is 0.729. The number of pyridine rings is 1. The first-order valence-corrected chi connectivity index (χ1v) is 8.14. The number of aryl methyl sites for hydroxylation is 1. The molecule has 4 rings (SSSR count). The van der Waals surface area contributed by atoms with Crippen molar-refractivity contribution in [2.45, 2.75) is 19.3 Å². The normalized spacial score (nSPS) is 17.4. The van der Waals surface area contributed by atoms with Gasteiger partial charge in [-0.15, -0.1) is 0 Å². The van der Waals surface area contributed by atoms with Crippen molar-refractivity contribution in [3.05, 3.63) is 65.9 Å². The molecular formula is C19H18N4O. The maximum atomic E-state index is 12.8. The largest absolute Gasteiger partial charge is 0.338 e. The summed E-state index contributed by atoms with van der Waals surface area (Å²) in [5, 5.41) is 0.987. The van der Waals surface area contributed by atoms with Crippen LogP contribution < -0.4 is 0 Å². The maximum absolute atomic E-state index is 12.8. The van der Waals surface area contributed by atoms with Gasteiger partial charge in [0.1, 0.15) is 5.82 Å². The molecule has 0 saturated carbocycles. The monoisotopic (exact) mass is 318 g/mol. The van der Waals surface area contributed by atoms with E-state index >= 15 is 0 Å². The fourth-order valence-corrected chi connectivity index (χ4v) is 3.21. The molecule has 120 valence electrons. The van der Waals surface area contributed by atoms with Crippen molar-refractivity contribution in [2.75, 3.05) is 13.1 Å². The van der Waals surface area contributed by atoms with Gasteiger partial charge in [-0.1, -0.05) is 6.07 Å². The highest BCUT2D eigenvalue weighted by Gasteiger charge is 2.29. The molecule has 0 radical (unpaired) electrons. The molecule has 1 saturated heterocycles. The summed E-state index contributed by atoms with van der Waals surface area (Å²) in [7, 11) is 0. The summed E-state index contributed by atoms with van der Waals surface area (Å²) >= 11 is 0. The summed E-state index contributed by atoms with van der Waals surface area (Å²) in [6.07, 6.45) is 4.46. The number of fused-ring (bicyclic) bond motifs is 1. The predicted octanol–water partition coefficient (Wildman–Crippen LogP) is 2.96. The van der Waals surface area contributed by atoms with E-state index in [0.29, 0.717) is 12.1 Å². The number of benzene rings is 1. The number of carbonyl (C=O) groups excluding carboxylic acids is 1. The first kappa shape index (κ1) is 14.8. The Morgan fingerprint density at radius 2 is 2.08 bits per heavy atom. The van der Waals surface area contributed by atoms with E-state index in [2.05, 4.69) is 15.0 Å². The molecule has 0 spiro atoms. The minimum absolute atomic E-state index is 0.0657. The second-order valence-electron chi connectivity index (χ2n) is 6.20. The summed E-state index contributed by atoms with van der Waals surface area (Å²) < 4.78 is 0. The Kier molecular flexibility index (Phi) is 3.69. The van der Waals surface area contributed by atoms with E-state index in [1.54, 1.807) is 12.4 Å². The van der Waals surface area contributed by atoms with Crippen LogP contribution in [0, 0.1) is 6.92 Å². The van der Waals surface area contributed by atoms with Crippen LogP contribution in [0.25, 0.3) is 10.9 Å². The van der Waals surface area contributed by atoms with E-state index in [0.717, 1.165) is 35.4 Å². The molecule has 0 aliphatic carbocycles. The highest BCUT2D eigenvalue weighted by Crippen LogP contribution is 2.26. The summed E-state index contributed by atoms with van der Waals surface area (Å²) in [5.41, 5.74) is 2.58. The molecule has 1 aromatic carbocycles. The van der Waals surface area contributed by atoms with Crippen molar-refractivity contribution in [1.82, 2.24) is 19.9 Å². The van der Waals surface area contributed by atoms with Gasteiger partial charge in [-0.3, -0.25) is 9.78 Å². The van der Waals surface area contributed by atoms with Gasteiger partial charge in [-0.25, -0.2) is 9.97 Å². The third-order valence-electron chi connectivity index (χ3n) is 4.50. The van der Waals surface area contributed by atoms with E-state index < -0.39 is 0 Å². The van der Waals surface area contributed by atoms with Gasteiger partial charge in [0.05, 0.1) is 5.52 Å². The zero-order valence-electron chi connectivity index (χ0n) is 13.5. The molecule has 1 amide bonds. The van der Waals surface area contributed by atoms with Gasteiger partial charge in [0.15, 0.2) is 0 Å². The second kappa shape index (κ2) is 6.00. The summed E-state index contributed by atoms with van der Waals surface area (Å²) in [6.45, 7) is 3.38. The van der Waals surface area contributed by atoms with Crippen molar-refractivity contribution < 1.29 is 4.79 Å². The average molecular weight is 318 g/mol. The van der Waals surface area contributed by atoms with Gasteiger partial charge >= 0.3 is 0 Å². The first-order valence-electron chi connectivity index (χ1n) is 8.14. The van der Waals surface area contributed by atoms with Gasteiger partial charge in [-0.05, 0) is 43.7 Å². The Balaban J connectivity index is 1.54. The van der Waals surface area contributed by atoms with Crippen LogP contribution in [0.1, 0.15) is 34.2 Å². The van der Waals surface area contributed by atoms with Crippen LogP contribution in [0.15, 0.2) is 48.8 Å². The second-order valence-corrected chi connectivity index (χ2v) is 6.20. The van der Waals surface area contributed by atoms with Crippen LogP contribution in [-0.4, -0.2) is 38.8 Å².